The largest absolute Gasteiger partial charge is 0.0887 e. The minimum absolute atomic E-state index is 0.794. The molecule has 2 atom stereocenters. The highest BCUT2D eigenvalue weighted by Gasteiger charge is 2.33. The van der Waals surface area contributed by atoms with Crippen LogP contribution in [0.3, 0.4) is 0 Å². The molecule has 2 rings (SSSR count). The van der Waals surface area contributed by atoms with Crippen LogP contribution in [0.15, 0.2) is 30.3 Å². The fourth-order valence-electron chi connectivity index (χ4n) is 1.34. The third-order valence-electron chi connectivity index (χ3n) is 2.18. The van der Waals surface area contributed by atoms with E-state index >= 15 is 0 Å². The van der Waals surface area contributed by atoms with Gasteiger partial charge in [-0.15, -0.1) is 0 Å². The van der Waals surface area contributed by atoms with Crippen LogP contribution in [0.5, 0.6) is 0 Å². The maximum Gasteiger partial charge on any atom is 0.0180 e. The molecule has 1 aliphatic rings. The SMILES string of the molecule is BrC1CC1Cc1ccccc1. The Bertz CT molecular complexity index is 230. The summed E-state index contributed by atoms with van der Waals surface area (Å²) >= 11 is 3.61. The molecule has 0 aliphatic heterocycles. The molecular weight excluding hydrogens is 200 g/mol. The Morgan fingerprint density at radius 2 is 1.91 bits per heavy atom. The molecule has 1 aromatic rings. The van der Waals surface area contributed by atoms with Crippen molar-refractivity contribution in [3.63, 3.8) is 0 Å². The average molecular weight is 211 g/mol. The van der Waals surface area contributed by atoms with Gasteiger partial charge in [0.1, 0.15) is 0 Å². The number of benzene rings is 1. The topological polar surface area (TPSA) is 0 Å². The standard InChI is InChI=1S/C10H11Br/c11-10-7-9(10)6-8-4-2-1-3-5-8/h1-5,9-10H,6-7H2. The molecule has 0 amide bonds. The number of alkyl halides is 1. The molecule has 11 heavy (non-hydrogen) atoms. The number of hydrogen-bond acceptors (Lipinski definition) is 0. The van der Waals surface area contributed by atoms with Gasteiger partial charge in [-0.2, -0.15) is 0 Å². The van der Waals surface area contributed by atoms with E-state index in [1.807, 2.05) is 0 Å². The summed E-state index contributed by atoms with van der Waals surface area (Å²) in [5.74, 6) is 0.900. The molecule has 0 aromatic heterocycles. The number of halogens is 1. The van der Waals surface area contributed by atoms with Gasteiger partial charge in [0.25, 0.3) is 0 Å². The predicted octanol–water partition coefficient (Wildman–Crippen LogP) is 3.01. The monoisotopic (exact) mass is 210 g/mol. The summed E-state index contributed by atoms with van der Waals surface area (Å²) in [6, 6.07) is 10.7. The third kappa shape index (κ3) is 1.84. The lowest BCUT2D eigenvalue weighted by Crippen LogP contribution is -1.87. The van der Waals surface area contributed by atoms with Gasteiger partial charge in [0.2, 0.25) is 0 Å². The average Bonchev–Trinajstić information content (AvgIpc) is 2.69. The summed E-state index contributed by atoms with van der Waals surface area (Å²) in [5, 5.41) is 0. The predicted molar refractivity (Wildman–Crippen MR) is 51.0 cm³/mol. The van der Waals surface area contributed by atoms with E-state index in [0.717, 1.165) is 10.7 Å². The summed E-state index contributed by atoms with van der Waals surface area (Å²) in [6.45, 7) is 0. The maximum absolute atomic E-state index is 3.61. The van der Waals surface area contributed by atoms with Crippen LogP contribution in [0.1, 0.15) is 12.0 Å². The molecular formula is C10H11Br. The van der Waals surface area contributed by atoms with E-state index in [4.69, 9.17) is 0 Å². The van der Waals surface area contributed by atoms with Crippen molar-refractivity contribution >= 4 is 15.9 Å². The van der Waals surface area contributed by atoms with Crippen LogP contribution in [0.25, 0.3) is 0 Å². The van der Waals surface area contributed by atoms with Crippen LogP contribution >= 0.6 is 15.9 Å². The Labute approximate surface area is 75.8 Å². The van der Waals surface area contributed by atoms with Gasteiger partial charge in [-0.1, -0.05) is 46.3 Å². The zero-order valence-electron chi connectivity index (χ0n) is 6.33. The van der Waals surface area contributed by atoms with Gasteiger partial charge in [-0.05, 0) is 24.3 Å². The van der Waals surface area contributed by atoms with E-state index < -0.39 is 0 Å². The second-order valence-electron chi connectivity index (χ2n) is 3.20. The molecule has 0 N–H and O–H groups in total. The molecule has 1 fully saturated rings. The Hall–Kier alpha value is -0.300. The normalized spacial score (nSPS) is 28.5. The van der Waals surface area contributed by atoms with Gasteiger partial charge in [0.05, 0.1) is 0 Å². The van der Waals surface area contributed by atoms with Crippen LogP contribution in [0.2, 0.25) is 0 Å². The van der Waals surface area contributed by atoms with Crippen molar-refractivity contribution in [3.05, 3.63) is 35.9 Å². The lowest BCUT2D eigenvalue weighted by Gasteiger charge is -1.96. The van der Waals surface area contributed by atoms with E-state index in [0.29, 0.717) is 0 Å². The van der Waals surface area contributed by atoms with Crippen LogP contribution in [-0.2, 0) is 6.42 Å². The third-order valence-corrected chi connectivity index (χ3v) is 3.30. The smallest absolute Gasteiger partial charge is 0.0180 e. The zero-order valence-corrected chi connectivity index (χ0v) is 7.92. The van der Waals surface area contributed by atoms with Gasteiger partial charge < -0.3 is 0 Å². The summed E-state index contributed by atoms with van der Waals surface area (Å²) in [6.07, 6.45) is 2.60. The Balaban J connectivity index is 1.97. The molecule has 0 nitrogen and oxygen atoms in total. The molecule has 58 valence electrons. The second kappa shape index (κ2) is 2.98. The van der Waals surface area contributed by atoms with Crippen LogP contribution in [0.4, 0.5) is 0 Å². The zero-order chi connectivity index (χ0) is 7.68. The number of rotatable bonds is 2. The fraction of sp³-hybridized carbons (Fsp3) is 0.400. The molecule has 1 saturated carbocycles. The highest BCUT2D eigenvalue weighted by molar-refractivity contribution is 9.09. The van der Waals surface area contributed by atoms with Crippen molar-refractivity contribution in [1.82, 2.24) is 0 Å². The van der Waals surface area contributed by atoms with E-state index in [9.17, 15) is 0 Å². The molecule has 0 saturated heterocycles. The minimum Gasteiger partial charge on any atom is -0.0887 e. The summed E-state index contributed by atoms with van der Waals surface area (Å²) in [7, 11) is 0. The van der Waals surface area contributed by atoms with Crippen molar-refractivity contribution in [2.24, 2.45) is 5.92 Å². The first-order valence-electron chi connectivity index (χ1n) is 4.04. The van der Waals surface area contributed by atoms with Crippen molar-refractivity contribution in [1.29, 1.82) is 0 Å². The first kappa shape index (κ1) is 7.35. The molecule has 2 unspecified atom stereocenters. The van der Waals surface area contributed by atoms with E-state index in [1.54, 1.807) is 0 Å². The van der Waals surface area contributed by atoms with E-state index in [-0.39, 0.29) is 0 Å². The molecule has 0 heterocycles. The van der Waals surface area contributed by atoms with Crippen molar-refractivity contribution in [3.8, 4) is 0 Å². The number of hydrogen-bond donors (Lipinski definition) is 0. The first-order chi connectivity index (χ1) is 5.36. The second-order valence-corrected chi connectivity index (χ2v) is 4.38. The van der Waals surface area contributed by atoms with Crippen LogP contribution in [0, 0.1) is 5.92 Å². The fourth-order valence-corrected chi connectivity index (χ4v) is 2.01. The molecule has 0 radical (unpaired) electrons. The molecule has 1 heteroatoms. The van der Waals surface area contributed by atoms with Gasteiger partial charge in [0, 0.05) is 4.83 Å². The molecule has 0 bridgehead atoms. The highest BCUT2D eigenvalue weighted by atomic mass is 79.9. The van der Waals surface area contributed by atoms with E-state index in [2.05, 4.69) is 46.3 Å². The molecule has 1 aromatic carbocycles. The van der Waals surface area contributed by atoms with Gasteiger partial charge >= 0.3 is 0 Å². The lowest BCUT2D eigenvalue weighted by atomic mass is 10.1. The van der Waals surface area contributed by atoms with Crippen LogP contribution in [-0.4, -0.2) is 4.83 Å². The van der Waals surface area contributed by atoms with Crippen molar-refractivity contribution < 1.29 is 0 Å². The molecule has 0 spiro atoms. The Morgan fingerprint density at radius 1 is 1.27 bits per heavy atom. The Kier molecular flexibility index (Phi) is 1.99. The quantitative estimate of drug-likeness (QED) is 0.659. The highest BCUT2D eigenvalue weighted by Crippen LogP contribution is 2.40. The van der Waals surface area contributed by atoms with Crippen molar-refractivity contribution in [2.75, 3.05) is 0 Å². The minimum atomic E-state index is 0.794. The summed E-state index contributed by atoms with van der Waals surface area (Å²) < 4.78 is 0. The van der Waals surface area contributed by atoms with E-state index in [1.165, 1.54) is 18.4 Å². The first-order valence-corrected chi connectivity index (χ1v) is 4.96. The summed E-state index contributed by atoms with van der Waals surface area (Å²) in [4.78, 5) is 0.794. The van der Waals surface area contributed by atoms with Gasteiger partial charge in [-0.25, -0.2) is 0 Å². The van der Waals surface area contributed by atoms with Crippen LogP contribution < -0.4 is 0 Å². The summed E-state index contributed by atoms with van der Waals surface area (Å²) in [5.41, 5.74) is 1.47. The van der Waals surface area contributed by atoms with Gasteiger partial charge in [0.15, 0.2) is 0 Å². The van der Waals surface area contributed by atoms with Gasteiger partial charge in [-0.3, -0.25) is 0 Å². The van der Waals surface area contributed by atoms with Crippen molar-refractivity contribution in [2.45, 2.75) is 17.7 Å². The Morgan fingerprint density at radius 3 is 2.45 bits per heavy atom. The molecule has 1 aliphatic carbocycles. The lowest BCUT2D eigenvalue weighted by molar-refractivity contribution is 0.838. The maximum atomic E-state index is 3.61.